The summed E-state index contributed by atoms with van der Waals surface area (Å²) in [5.74, 6) is -0.557. The van der Waals surface area contributed by atoms with E-state index >= 15 is 0 Å². The topological polar surface area (TPSA) is 66.4 Å². The van der Waals surface area contributed by atoms with Crippen molar-refractivity contribution in [2.24, 2.45) is 11.3 Å². The zero-order valence-corrected chi connectivity index (χ0v) is 6.83. The molecule has 2 aliphatic rings. The molecule has 0 aliphatic heterocycles. The first kappa shape index (κ1) is 7.58. The average Bonchev–Trinajstić information content (AvgIpc) is 2.52. The lowest BCUT2D eigenvalue weighted by Gasteiger charge is -2.31. The van der Waals surface area contributed by atoms with Gasteiger partial charge in [0.2, 0.25) is 5.91 Å². The van der Waals surface area contributed by atoms with Crippen LogP contribution in [-0.2, 0) is 9.59 Å². The Balaban J connectivity index is 1.91. The normalized spacial score (nSPS) is 42.4. The molecule has 4 heteroatoms. The van der Waals surface area contributed by atoms with E-state index in [0.29, 0.717) is 6.42 Å². The van der Waals surface area contributed by atoms with Gasteiger partial charge in [-0.2, -0.15) is 0 Å². The molecule has 2 fully saturated rings. The Hall–Kier alpha value is -1.06. The van der Waals surface area contributed by atoms with Crippen LogP contribution in [0.4, 0.5) is 0 Å². The number of amides is 1. The van der Waals surface area contributed by atoms with Crippen LogP contribution in [0.2, 0.25) is 0 Å². The molecule has 0 heterocycles. The second-order valence-electron chi connectivity index (χ2n) is 3.78. The summed E-state index contributed by atoms with van der Waals surface area (Å²) in [6, 6.07) is 0.124. The Bertz CT molecular complexity index is 263. The summed E-state index contributed by atoms with van der Waals surface area (Å²) in [5, 5.41) is 11.5. The molecule has 12 heavy (non-hydrogen) atoms. The van der Waals surface area contributed by atoms with Gasteiger partial charge in [-0.15, -0.1) is 0 Å². The number of hydrogen-bond acceptors (Lipinski definition) is 2. The Morgan fingerprint density at radius 1 is 1.50 bits per heavy atom. The summed E-state index contributed by atoms with van der Waals surface area (Å²) in [7, 11) is 0. The summed E-state index contributed by atoms with van der Waals surface area (Å²) in [4.78, 5) is 21.3. The van der Waals surface area contributed by atoms with Crippen LogP contribution < -0.4 is 5.32 Å². The van der Waals surface area contributed by atoms with Gasteiger partial charge in [-0.05, 0) is 18.8 Å². The van der Waals surface area contributed by atoms with Crippen molar-refractivity contribution in [2.45, 2.75) is 25.8 Å². The van der Waals surface area contributed by atoms with Gasteiger partial charge in [0.25, 0.3) is 0 Å². The molecule has 0 radical (unpaired) electrons. The molecule has 0 unspecified atom stereocenters. The minimum atomic E-state index is -0.700. The predicted octanol–water partition coefficient (Wildman–Crippen LogP) is -0.0143. The maximum atomic E-state index is 10.7. The van der Waals surface area contributed by atoms with Gasteiger partial charge in [0.1, 0.15) is 0 Å². The Kier molecular flexibility index (Phi) is 1.26. The van der Waals surface area contributed by atoms with Crippen LogP contribution in [0.1, 0.15) is 19.8 Å². The summed E-state index contributed by atoms with van der Waals surface area (Å²) in [6.07, 6.45) is 1.36. The van der Waals surface area contributed by atoms with Crippen molar-refractivity contribution in [3.63, 3.8) is 0 Å². The number of nitrogens with one attached hydrogen (secondary N) is 1. The number of hydrogen-bond donors (Lipinski definition) is 2. The van der Waals surface area contributed by atoms with Gasteiger partial charge in [0, 0.05) is 13.0 Å². The molecule has 0 saturated heterocycles. The highest BCUT2D eigenvalue weighted by molar-refractivity contribution is 5.82. The molecule has 0 bridgehead atoms. The Morgan fingerprint density at radius 2 is 2.17 bits per heavy atom. The first-order valence-electron chi connectivity index (χ1n) is 4.07. The standard InChI is InChI=1S/C8H11NO3/c1-4(10)9-6-3-8(7(11)12)2-5(6)8/h5-6H,2-3H2,1H3,(H,9,10)(H,11,12)/t5-,6+,8-/m0/s1. The molecule has 66 valence electrons. The molecule has 0 aromatic carbocycles. The molecule has 2 N–H and O–H groups in total. The van der Waals surface area contributed by atoms with E-state index in [-0.39, 0.29) is 17.9 Å². The van der Waals surface area contributed by atoms with Crippen molar-refractivity contribution >= 4 is 11.9 Å². The summed E-state index contributed by atoms with van der Waals surface area (Å²) < 4.78 is 0. The zero-order chi connectivity index (χ0) is 8.93. The van der Waals surface area contributed by atoms with Crippen LogP contribution in [0.5, 0.6) is 0 Å². The van der Waals surface area contributed by atoms with E-state index in [1.54, 1.807) is 0 Å². The minimum Gasteiger partial charge on any atom is -0.481 e. The molecule has 1 amide bonds. The van der Waals surface area contributed by atoms with Crippen LogP contribution >= 0.6 is 0 Å². The van der Waals surface area contributed by atoms with Gasteiger partial charge in [0.15, 0.2) is 0 Å². The Morgan fingerprint density at radius 3 is 2.50 bits per heavy atom. The molecular weight excluding hydrogens is 158 g/mol. The lowest BCUT2D eigenvalue weighted by molar-refractivity contribution is -0.148. The van der Waals surface area contributed by atoms with Crippen LogP contribution in [0, 0.1) is 11.3 Å². The van der Waals surface area contributed by atoms with E-state index in [4.69, 9.17) is 5.11 Å². The van der Waals surface area contributed by atoms with Gasteiger partial charge in [0.05, 0.1) is 5.41 Å². The van der Waals surface area contributed by atoms with E-state index < -0.39 is 11.4 Å². The number of rotatable bonds is 2. The highest BCUT2D eigenvalue weighted by Gasteiger charge is 2.72. The Labute approximate surface area is 69.9 Å². The fraction of sp³-hybridized carbons (Fsp3) is 0.750. The van der Waals surface area contributed by atoms with E-state index in [9.17, 15) is 9.59 Å². The molecule has 2 aliphatic carbocycles. The average molecular weight is 169 g/mol. The number of aliphatic carboxylic acids is 1. The molecule has 2 saturated carbocycles. The SMILES string of the molecule is CC(=O)N[C@@H]1C[C@@]2(C(=O)O)C[C@@H]12. The second-order valence-corrected chi connectivity index (χ2v) is 3.78. The largest absolute Gasteiger partial charge is 0.481 e. The zero-order valence-electron chi connectivity index (χ0n) is 6.83. The smallest absolute Gasteiger partial charge is 0.310 e. The summed E-state index contributed by atoms with van der Waals surface area (Å²) in [6.45, 7) is 1.46. The van der Waals surface area contributed by atoms with Crippen molar-refractivity contribution < 1.29 is 14.7 Å². The molecule has 3 atom stereocenters. The molecular formula is C8H11NO3. The molecule has 2 rings (SSSR count). The molecule has 4 nitrogen and oxygen atoms in total. The minimum absolute atomic E-state index is 0.0640. The number of carbonyl (C=O) groups excluding carboxylic acids is 1. The van der Waals surface area contributed by atoms with E-state index in [2.05, 4.69) is 5.32 Å². The van der Waals surface area contributed by atoms with Crippen molar-refractivity contribution in [1.82, 2.24) is 5.32 Å². The monoisotopic (exact) mass is 169 g/mol. The van der Waals surface area contributed by atoms with Crippen molar-refractivity contribution in [2.75, 3.05) is 0 Å². The quantitative estimate of drug-likeness (QED) is 0.610. The lowest BCUT2D eigenvalue weighted by Crippen LogP contribution is -2.47. The third-order valence-electron chi connectivity index (χ3n) is 3.02. The van der Waals surface area contributed by atoms with Crippen LogP contribution in [0.3, 0.4) is 0 Å². The van der Waals surface area contributed by atoms with E-state index in [1.807, 2.05) is 0 Å². The van der Waals surface area contributed by atoms with Gasteiger partial charge in [-0.25, -0.2) is 0 Å². The number of carbonyl (C=O) groups is 2. The first-order valence-corrected chi connectivity index (χ1v) is 4.07. The number of fused-ring (bicyclic) bond motifs is 1. The highest BCUT2D eigenvalue weighted by Crippen LogP contribution is 2.67. The van der Waals surface area contributed by atoms with Gasteiger partial charge >= 0.3 is 5.97 Å². The third-order valence-corrected chi connectivity index (χ3v) is 3.02. The third kappa shape index (κ3) is 0.777. The first-order chi connectivity index (χ1) is 5.56. The maximum Gasteiger partial charge on any atom is 0.310 e. The van der Waals surface area contributed by atoms with E-state index in [0.717, 1.165) is 6.42 Å². The molecule has 0 aromatic rings. The van der Waals surface area contributed by atoms with Crippen molar-refractivity contribution in [3.8, 4) is 0 Å². The second kappa shape index (κ2) is 2.00. The van der Waals surface area contributed by atoms with Gasteiger partial charge < -0.3 is 10.4 Å². The number of carboxylic acids is 1. The van der Waals surface area contributed by atoms with E-state index in [1.165, 1.54) is 6.92 Å². The van der Waals surface area contributed by atoms with Gasteiger partial charge in [-0.1, -0.05) is 0 Å². The predicted molar refractivity (Wildman–Crippen MR) is 40.4 cm³/mol. The highest BCUT2D eigenvalue weighted by atomic mass is 16.4. The van der Waals surface area contributed by atoms with Gasteiger partial charge in [-0.3, -0.25) is 9.59 Å². The fourth-order valence-corrected chi connectivity index (χ4v) is 2.22. The molecule has 0 spiro atoms. The van der Waals surface area contributed by atoms with Crippen LogP contribution in [-0.4, -0.2) is 23.0 Å². The summed E-state index contributed by atoms with van der Waals surface area (Å²) in [5.41, 5.74) is -0.451. The van der Waals surface area contributed by atoms with Crippen molar-refractivity contribution in [3.05, 3.63) is 0 Å². The fourth-order valence-electron chi connectivity index (χ4n) is 2.22. The molecule has 0 aromatic heterocycles. The summed E-state index contributed by atoms with van der Waals surface area (Å²) >= 11 is 0. The maximum absolute atomic E-state index is 10.7. The number of carboxylic acid groups (broad SMARTS) is 1. The van der Waals surface area contributed by atoms with Crippen LogP contribution in [0.15, 0.2) is 0 Å². The lowest BCUT2D eigenvalue weighted by atomic mass is 9.80. The van der Waals surface area contributed by atoms with Crippen molar-refractivity contribution in [1.29, 1.82) is 0 Å². The van der Waals surface area contributed by atoms with Crippen LogP contribution in [0.25, 0.3) is 0 Å².